The molecule has 4 heteroatoms. The van der Waals surface area contributed by atoms with Crippen LogP contribution in [0.15, 0.2) is 27.8 Å². The molecule has 0 saturated carbocycles. The molecule has 0 amide bonds. The zero-order valence-corrected chi connectivity index (χ0v) is 14.0. The third-order valence-corrected chi connectivity index (χ3v) is 3.76. The van der Waals surface area contributed by atoms with Crippen molar-refractivity contribution in [1.82, 2.24) is 4.98 Å². The summed E-state index contributed by atoms with van der Waals surface area (Å²) in [4.78, 5) is 27.0. The van der Waals surface area contributed by atoms with E-state index in [9.17, 15) is 14.7 Å². The van der Waals surface area contributed by atoms with Crippen LogP contribution in [-0.4, -0.2) is 10.1 Å². The second kappa shape index (κ2) is 4.97. The van der Waals surface area contributed by atoms with E-state index >= 15 is 0 Å². The molecule has 1 aromatic carbocycles. The first-order chi connectivity index (χ1) is 9.93. The van der Waals surface area contributed by atoms with Gasteiger partial charge in [0.2, 0.25) is 0 Å². The second-order valence-corrected chi connectivity index (χ2v) is 7.76. The fraction of sp³-hybridized carbons (Fsp3) is 0.444. The molecule has 0 atom stereocenters. The fourth-order valence-corrected chi connectivity index (χ4v) is 2.82. The van der Waals surface area contributed by atoms with Crippen molar-refractivity contribution >= 4 is 10.9 Å². The number of hydrogen-bond acceptors (Lipinski definition) is 3. The molecule has 1 aromatic heterocycles. The van der Waals surface area contributed by atoms with Crippen LogP contribution in [0, 0.1) is 0 Å². The zero-order chi connectivity index (χ0) is 16.9. The molecule has 0 fully saturated rings. The Morgan fingerprint density at radius 3 is 2.05 bits per heavy atom. The maximum Gasteiger partial charge on any atom is 0.290 e. The summed E-state index contributed by atoms with van der Waals surface area (Å²) in [7, 11) is 0. The summed E-state index contributed by atoms with van der Waals surface area (Å²) >= 11 is 0. The lowest BCUT2D eigenvalue weighted by molar-refractivity contribution is 0.468. The lowest BCUT2D eigenvalue weighted by Crippen LogP contribution is -2.24. The van der Waals surface area contributed by atoms with Crippen LogP contribution in [0.5, 0.6) is 5.75 Å². The molecular formula is C18H23NO3. The number of benzene rings is 1. The monoisotopic (exact) mass is 301 g/mol. The smallest absolute Gasteiger partial charge is 0.290 e. The van der Waals surface area contributed by atoms with Gasteiger partial charge in [0, 0.05) is 11.5 Å². The summed E-state index contributed by atoms with van der Waals surface area (Å²) in [5.74, 6) is -0.557. The van der Waals surface area contributed by atoms with Crippen LogP contribution in [0.25, 0.3) is 10.9 Å². The van der Waals surface area contributed by atoms with E-state index < -0.39 is 11.3 Å². The van der Waals surface area contributed by atoms with Gasteiger partial charge in [-0.2, -0.15) is 0 Å². The number of aromatic hydroxyl groups is 1. The Hall–Kier alpha value is -2.10. The Bertz CT molecular complexity index is 849. The Morgan fingerprint density at radius 2 is 1.55 bits per heavy atom. The first-order valence-electron chi connectivity index (χ1n) is 7.37. The van der Waals surface area contributed by atoms with Crippen molar-refractivity contribution in [2.45, 2.75) is 52.4 Å². The maximum atomic E-state index is 12.6. The van der Waals surface area contributed by atoms with Crippen LogP contribution < -0.4 is 11.0 Å². The van der Waals surface area contributed by atoms with Crippen molar-refractivity contribution < 1.29 is 5.11 Å². The Labute approximate surface area is 129 Å². The van der Waals surface area contributed by atoms with Crippen molar-refractivity contribution in [1.29, 1.82) is 0 Å². The molecular weight excluding hydrogens is 278 g/mol. The molecule has 0 aliphatic rings. The lowest BCUT2D eigenvalue weighted by atomic mass is 9.74. The normalized spacial score (nSPS) is 12.6. The molecule has 0 bridgehead atoms. The highest BCUT2D eigenvalue weighted by Crippen LogP contribution is 2.37. The van der Waals surface area contributed by atoms with E-state index in [2.05, 4.69) is 25.8 Å². The standard InChI is InChI=1S/C18H23NO3/c1-17(2,3)10-7-8-11-14(15(10)18(4,5)6)12(20)9-13(21)16(22)19-11/h7-9,21H,1-6H3,(H,19,22). The topological polar surface area (TPSA) is 70.2 Å². The maximum absolute atomic E-state index is 12.6. The molecule has 0 unspecified atom stereocenters. The van der Waals surface area contributed by atoms with Crippen molar-refractivity contribution in [3.8, 4) is 5.75 Å². The minimum atomic E-state index is -0.657. The van der Waals surface area contributed by atoms with Crippen molar-refractivity contribution in [3.63, 3.8) is 0 Å². The molecule has 0 spiro atoms. The predicted octanol–water partition coefficient (Wildman–Crippen LogP) is 3.19. The number of hydrogen-bond donors (Lipinski definition) is 2. The van der Waals surface area contributed by atoms with E-state index in [0.29, 0.717) is 10.9 Å². The first kappa shape index (κ1) is 16.3. The van der Waals surface area contributed by atoms with Gasteiger partial charge < -0.3 is 10.1 Å². The quantitative estimate of drug-likeness (QED) is 0.785. The van der Waals surface area contributed by atoms with Crippen molar-refractivity contribution in [3.05, 3.63) is 49.9 Å². The largest absolute Gasteiger partial charge is 0.503 e. The van der Waals surface area contributed by atoms with E-state index in [4.69, 9.17) is 0 Å². The molecule has 2 aromatic rings. The number of fused-ring (bicyclic) bond motifs is 1. The van der Waals surface area contributed by atoms with Gasteiger partial charge in [-0.25, -0.2) is 0 Å². The third-order valence-electron chi connectivity index (χ3n) is 3.76. The second-order valence-electron chi connectivity index (χ2n) is 7.76. The fourth-order valence-electron chi connectivity index (χ4n) is 2.82. The predicted molar refractivity (Wildman–Crippen MR) is 89.9 cm³/mol. The van der Waals surface area contributed by atoms with E-state index in [1.54, 1.807) is 6.07 Å². The Balaban J connectivity index is 3.18. The number of nitrogens with one attached hydrogen (secondary N) is 1. The lowest BCUT2D eigenvalue weighted by Gasteiger charge is -2.30. The van der Waals surface area contributed by atoms with Gasteiger partial charge in [0.15, 0.2) is 11.2 Å². The van der Waals surface area contributed by atoms with Gasteiger partial charge in [-0.05, 0) is 28.0 Å². The Kier molecular flexibility index (Phi) is 3.68. The molecule has 1 heterocycles. The van der Waals surface area contributed by atoms with Gasteiger partial charge in [-0.1, -0.05) is 47.6 Å². The third kappa shape index (κ3) is 2.78. The first-order valence-corrected chi connectivity index (χ1v) is 7.37. The number of aromatic nitrogens is 1. The summed E-state index contributed by atoms with van der Waals surface area (Å²) in [6.45, 7) is 12.4. The van der Waals surface area contributed by atoms with Gasteiger partial charge in [0.25, 0.3) is 5.56 Å². The molecule has 0 radical (unpaired) electrons. The molecule has 2 rings (SSSR count). The van der Waals surface area contributed by atoms with Crippen LogP contribution in [0.1, 0.15) is 52.7 Å². The van der Waals surface area contributed by atoms with E-state index in [1.165, 1.54) is 0 Å². The number of rotatable bonds is 0. The molecule has 0 aliphatic carbocycles. The summed E-state index contributed by atoms with van der Waals surface area (Å²) in [5, 5.41) is 10.1. The highest BCUT2D eigenvalue weighted by molar-refractivity contribution is 5.84. The molecule has 4 nitrogen and oxygen atoms in total. The van der Waals surface area contributed by atoms with Crippen LogP contribution in [0.4, 0.5) is 0 Å². The molecule has 118 valence electrons. The highest BCUT2D eigenvalue weighted by atomic mass is 16.3. The van der Waals surface area contributed by atoms with Crippen molar-refractivity contribution in [2.24, 2.45) is 0 Å². The van der Waals surface area contributed by atoms with Crippen LogP contribution in [0.2, 0.25) is 0 Å². The summed E-state index contributed by atoms with van der Waals surface area (Å²) < 4.78 is 0. The van der Waals surface area contributed by atoms with E-state index in [0.717, 1.165) is 17.2 Å². The number of H-pyrrole nitrogens is 1. The number of aromatic amines is 1. The molecule has 0 aliphatic heterocycles. The minimum absolute atomic E-state index is 0.139. The van der Waals surface area contributed by atoms with E-state index in [1.807, 2.05) is 26.8 Å². The molecule has 0 saturated heterocycles. The van der Waals surface area contributed by atoms with Crippen LogP contribution in [0.3, 0.4) is 0 Å². The zero-order valence-electron chi connectivity index (χ0n) is 14.0. The van der Waals surface area contributed by atoms with Gasteiger partial charge in [-0.3, -0.25) is 9.59 Å². The van der Waals surface area contributed by atoms with Crippen LogP contribution >= 0.6 is 0 Å². The van der Waals surface area contributed by atoms with Gasteiger partial charge in [0.1, 0.15) is 0 Å². The SMILES string of the molecule is CC(C)(C)c1ccc2[nH]c(=O)c(O)cc(=O)c2c1C(C)(C)C. The average molecular weight is 301 g/mol. The molecule has 2 N–H and O–H groups in total. The van der Waals surface area contributed by atoms with Gasteiger partial charge in [0.05, 0.1) is 5.52 Å². The summed E-state index contributed by atoms with van der Waals surface area (Å²) in [6.07, 6.45) is 0. The van der Waals surface area contributed by atoms with Crippen molar-refractivity contribution in [2.75, 3.05) is 0 Å². The summed E-state index contributed by atoms with van der Waals surface area (Å²) in [5.41, 5.74) is 1.01. The highest BCUT2D eigenvalue weighted by Gasteiger charge is 2.28. The molecule has 22 heavy (non-hydrogen) atoms. The van der Waals surface area contributed by atoms with E-state index in [-0.39, 0.29) is 16.3 Å². The Morgan fingerprint density at radius 1 is 0.955 bits per heavy atom. The minimum Gasteiger partial charge on any atom is -0.503 e. The van der Waals surface area contributed by atoms with Gasteiger partial charge >= 0.3 is 0 Å². The van der Waals surface area contributed by atoms with Crippen LogP contribution in [-0.2, 0) is 10.8 Å². The summed E-state index contributed by atoms with van der Waals surface area (Å²) in [6, 6.07) is 4.70. The van der Waals surface area contributed by atoms with Gasteiger partial charge in [-0.15, -0.1) is 0 Å². The average Bonchev–Trinajstić information content (AvgIpc) is 2.44.